The number of anilines is 1. The van der Waals surface area contributed by atoms with Crippen LogP contribution in [0.3, 0.4) is 0 Å². The fraction of sp³-hybridized carbons (Fsp3) is 0.412. The van der Waals surface area contributed by atoms with Gasteiger partial charge >= 0.3 is 5.56 Å². The first kappa shape index (κ1) is 18.4. The highest BCUT2D eigenvalue weighted by Gasteiger charge is 2.30. The largest absolute Gasteiger partial charge is 0.364 e. The molecule has 26 heavy (non-hydrogen) atoms. The van der Waals surface area contributed by atoms with Crippen LogP contribution in [-0.2, 0) is 10.0 Å². The number of benzene rings is 1. The second-order valence-electron chi connectivity index (χ2n) is 6.44. The number of aromatic amines is 1. The van der Waals surface area contributed by atoms with Gasteiger partial charge in [0.15, 0.2) is 0 Å². The van der Waals surface area contributed by atoms with Crippen LogP contribution in [-0.4, -0.2) is 53.9 Å². The summed E-state index contributed by atoms with van der Waals surface area (Å²) in [7, 11) is -3.31. The molecule has 140 valence electrons. The second kappa shape index (κ2) is 7.08. The van der Waals surface area contributed by atoms with Gasteiger partial charge in [-0.1, -0.05) is 18.2 Å². The van der Waals surface area contributed by atoms with Gasteiger partial charge in [-0.2, -0.15) is 4.31 Å². The number of nitrogens with one attached hydrogen (secondary N) is 1. The van der Waals surface area contributed by atoms with Crippen LogP contribution in [0.15, 0.2) is 46.1 Å². The van der Waals surface area contributed by atoms with E-state index in [1.807, 2.05) is 6.07 Å². The first-order chi connectivity index (χ1) is 12.3. The zero-order chi connectivity index (χ0) is 18.9. The molecule has 0 saturated carbocycles. The van der Waals surface area contributed by atoms with Crippen LogP contribution >= 0.6 is 0 Å². The molecule has 9 heteroatoms. The Morgan fingerprint density at radius 2 is 1.62 bits per heavy atom. The molecule has 2 heterocycles. The number of rotatable bonds is 4. The van der Waals surface area contributed by atoms with Crippen molar-refractivity contribution in [3.8, 4) is 5.69 Å². The van der Waals surface area contributed by atoms with E-state index in [4.69, 9.17) is 0 Å². The van der Waals surface area contributed by atoms with E-state index in [1.54, 1.807) is 43.0 Å². The summed E-state index contributed by atoms with van der Waals surface area (Å²) in [5, 5.41) is 2.37. The zero-order valence-corrected chi connectivity index (χ0v) is 15.6. The Balaban J connectivity index is 1.83. The maximum atomic E-state index is 12.5. The Morgan fingerprint density at radius 1 is 1.00 bits per heavy atom. The highest BCUT2D eigenvalue weighted by molar-refractivity contribution is 7.89. The molecule has 1 aromatic carbocycles. The lowest BCUT2D eigenvalue weighted by Crippen LogP contribution is -2.52. The van der Waals surface area contributed by atoms with E-state index in [1.165, 1.54) is 15.2 Å². The minimum atomic E-state index is -3.31. The summed E-state index contributed by atoms with van der Waals surface area (Å²) in [4.78, 5) is 26.7. The Labute approximate surface area is 151 Å². The van der Waals surface area contributed by atoms with Crippen molar-refractivity contribution in [3.63, 3.8) is 0 Å². The molecule has 0 unspecified atom stereocenters. The molecule has 8 nitrogen and oxygen atoms in total. The predicted octanol–water partition coefficient (Wildman–Crippen LogP) is 0.386. The van der Waals surface area contributed by atoms with Crippen LogP contribution in [0.4, 0.5) is 5.69 Å². The highest BCUT2D eigenvalue weighted by atomic mass is 32.2. The van der Waals surface area contributed by atoms with Crippen LogP contribution < -0.4 is 15.9 Å². The average Bonchev–Trinajstić information content (AvgIpc) is 2.64. The van der Waals surface area contributed by atoms with E-state index in [-0.39, 0.29) is 5.69 Å². The van der Waals surface area contributed by atoms with Gasteiger partial charge in [0.1, 0.15) is 5.69 Å². The quantitative estimate of drug-likeness (QED) is 0.777. The fourth-order valence-corrected chi connectivity index (χ4v) is 4.21. The number of nitrogens with zero attached hydrogens (tertiary/aromatic N) is 3. The van der Waals surface area contributed by atoms with E-state index in [0.717, 1.165) is 0 Å². The molecule has 1 aliphatic heterocycles. The third-order valence-electron chi connectivity index (χ3n) is 4.51. The van der Waals surface area contributed by atoms with Gasteiger partial charge in [0.2, 0.25) is 10.0 Å². The molecule has 1 aromatic heterocycles. The molecule has 0 amide bonds. The molecule has 1 N–H and O–H groups in total. The van der Waals surface area contributed by atoms with E-state index in [2.05, 4.69) is 5.10 Å². The van der Waals surface area contributed by atoms with Crippen LogP contribution in [0.2, 0.25) is 0 Å². The van der Waals surface area contributed by atoms with Gasteiger partial charge in [-0.15, -0.1) is 0 Å². The van der Waals surface area contributed by atoms with Crippen LogP contribution in [0, 0.1) is 0 Å². The smallest absolute Gasteiger partial charge is 0.319 e. The number of sulfonamides is 1. The number of aromatic nitrogens is 2. The maximum absolute atomic E-state index is 12.5. The molecule has 0 radical (unpaired) electrons. The second-order valence-corrected chi connectivity index (χ2v) is 8.93. The van der Waals surface area contributed by atoms with Gasteiger partial charge < -0.3 is 4.90 Å². The number of hydrogen-bond acceptors (Lipinski definition) is 5. The summed E-state index contributed by atoms with van der Waals surface area (Å²) in [6, 6.07) is 8.84. The molecule has 0 atom stereocenters. The number of hydrogen-bond donors (Lipinski definition) is 1. The van der Waals surface area contributed by atoms with E-state index >= 15 is 0 Å². The van der Waals surface area contributed by atoms with Gasteiger partial charge in [0.05, 0.1) is 10.9 Å². The lowest BCUT2D eigenvalue weighted by atomic mass is 10.3. The topological polar surface area (TPSA) is 95.5 Å². The van der Waals surface area contributed by atoms with Crippen molar-refractivity contribution in [1.82, 2.24) is 14.1 Å². The minimum Gasteiger partial charge on any atom is -0.364 e. The third-order valence-corrected chi connectivity index (χ3v) is 6.79. The van der Waals surface area contributed by atoms with Gasteiger partial charge in [0.25, 0.3) is 5.43 Å². The van der Waals surface area contributed by atoms with Gasteiger partial charge in [-0.3, -0.25) is 14.7 Å². The van der Waals surface area contributed by atoms with Crippen molar-refractivity contribution in [3.05, 3.63) is 57.1 Å². The summed E-state index contributed by atoms with van der Waals surface area (Å²) in [5.74, 6) is 0. The number of H-pyrrole nitrogens is 1. The molecule has 0 aliphatic carbocycles. The molecule has 0 spiro atoms. The summed E-state index contributed by atoms with van der Waals surface area (Å²) < 4.78 is 27.1. The van der Waals surface area contributed by atoms with Crippen LogP contribution in [0.1, 0.15) is 13.8 Å². The maximum Gasteiger partial charge on any atom is 0.319 e. The predicted molar refractivity (Wildman–Crippen MR) is 101 cm³/mol. The van der Waals surface area contributed by atoms with Gasteiger partial charge in [-0.25, -0.2) is 13.1 Å². The fourth-order valence-electron chi connectivity index (χ4n) is 2.95. The average molecular weight is 378 g/mol. The molecule has 1 aliphatic rings. The minimum absolute atomic E-state index is 0.267. The summed E-state index contributed by atoms with van der Waals surface area (Å²) in [5.41, 5.74) is -0.420. The Kier molecular flexibility index (Phi) is 5.01. The number of para-hydroxylation sites is 1. The van der Waals surface area contributed by atoms with Crippen LogP contribution in [0.25, 0.3) is 5.69 Å². The van der Waals surface area contributed by atoms with E-state index in [0.29, 0.717) is 31.9 Å². The monoisotopic (exact) mass is 378 g/mol. The molecule has 3 rings (SSSR count). The first-order valence-corrected chi connectivity index (χ1v) is 9.97. The Morgan fingerprint density at radius 3 is 2.19 bits per heavy atom. The molecule has 1 fully saturated rings. The lowest BCUT2D eigenvalue weighted by Gasteiger charge is -2.35. The van der Waals surface area contributed by atoms with E-state index in [9.17, 15) is 18.0 Å². The molecular formula is C17H22N4O4S. The zero-order valence-electron chi connectivity index (χ0n) is 14.8. The van der Waals surface area contributed by atoms with Crippen LogP contribution in [0.5, 0.6) is 0 Å². The normalized spacial score (nSPS) is 16.2. The van der Waals surface area contributed by atoms with Crippen molar-refractivity contribution in [2.24, 2.45) is 0 Å². The molecule has 1 saturated heterocycles. The SMILES string of the molecule is CC(C)S(=O)(=O)N1CCN(c2c[nH]n(-c3ccccc3)c(=O)c2=O)CC1. The van der Waals surface area contributed by atoms with Crippen molar-refractivity contribution in [1.29, 1.82) is 0 Å². The molecule has 2 aromatic rings. The lowest BCUT2D eigenvalue weighted by molar-refractivity contribution is 0.380. The van der Waals surface area contributed by atoms with E-state index < -0.39 is 26.3 Å². The Bertz CT molecular complexity index is 987. The summed E-state index contributed by atoms with van der Waals surface area (Å²) in [6.07, 6.45) is 1.50. The Hall–Kier alpha value is -2.39. The summed E-state index contributed by atoms with van der Waals surface area (Å²) in [6.45, 7) is 4.61. The molecule has 0 bridgehead atoms. The first-order valence-electron chi connectivity index (χ1n) is 8.46. The number of piperazine rings is 1. The third kappa shape index (κ3) is 3.32. The van der Waals surface area contributed by atoms with Crippen molar-refractivity contribution < 1.29 is 8.42 Å². The standard InChI is InChI=1S/C17H22N4O4S/c1-13(2)26(24,25)20-10-8-19(9-11-20)15-12-18-21(17(23)16(15)22)14-6-4-3-5-7-14/h3-7,12-13,18H,8-11H2,1-2H3. The molecular weight excluding hydrogens is 356 g/mol. The summed E-state index contributed by atoms with van der Waals surface area (Å²) >= 11 is 0. The van der Waals surface area contributed by atoms with Crippen molar-refractivity contribution >= 4 is 15.7 Å². The van der Waals surface area contributed by atoms with Gasteiger partial charge in [0, 0.05) is 32.4 Å². The van der Waals surface area contributed by atoms with Crippen molar-refractivity contribution in [2.75, 3.05) is 31.1 Å². The highest BCUT2D eigenvalue weighted by Crippen LogP contribution is 2.15. The van der Waals surface area contributed by atoms with Gasteiger partial charge in [-0.05, 0) is 26.0 Å². The van der Waals surface area contributed by atoms with Crippen molar-refractivity contribution in [2.45, 2.75) is 19.1 Å².